The third-order valence-corrected chi connectivity index (χ3v) is 6.98. The Morgan fingerprint density at radius 2 is 1.25 bits per heavy atom. The summed E-state index contributed by atoms with van der Waals surface area (Å²) in [6.45, 7) is -2.28. The molecule has 2 atom stereocenters. The second-order valence-corrected chi connectivity index (χ2v) is 9.38. The first-order valence-electron chi connectivity index (χ1n) is 8.98. The molecule has 2 unspecified atom stereocenters. The molecule has 1 aromatic rings. The minimum Gasteiger partial charge on any atom is -0.447 e. The van der Waals surface area contributed by atoms with Crippen LogP contribution in [0.1, 0.15) is 20.7 Å². The normalized spacial score (nSPS) is 12.6. The molecule has 0 bridgehead atoms. The van der Waals surface area contributed by atoms with Crippen LogP contribution < -0.4 is 16.0 Å². The molecule has 180 valence electrons. The Hall–Kier alpha value is -0.580. The van der Waals surface area contributed by atoms with E-state index in [0.717, 1.165) is 0 Å². The van der Waals surface area contributed by atoms with Crippen LogP contribution >= 0.6 is 67.8 Å². The van der Waals surface area contributed by atoms with E-state index in [1.807, 2.05) is 45.2 Å². The monoisotopic (exact) mass is 793 g/mol. The minimum atomic E-state index is -1.19. The molecule has 1 rings (SSSR count). The zero-order valence-electron chi connectivity index (χ0n) is 16.4. The number of aliphatic hydroxyl groups is 5. The van der Waals surface area contributed by atoms with Crippen LogP contribution in [-0.4, -0.2) is 95.2 Å². The smallest absolute Gasteiger partial charge is 0.411 e. The minimum absolute atomic E-state index is 0.0297. The van der Waals surface area contributed by atoms with Gasteiger partial charge in [-0.2, -0.15) is 0 Å². The van der Waals surface area contributed by atoms with E-state index < -0.39 is 49.9 Å². The van der Waals surface area contributed by atoms with Crippen molar-refractivity contribution < 1.29 is 44.7 Å². The maximum absolute atomic E-state index is 12.8. The number of amides is 3. The van der Waals surface area contributed by atoms with Gasteiger partial charge >= 0.3 is 6.09 Å². The lowest BCUT2D eigenvalue weighted by atomic mass is 10.1. The Morgan fingerprint density at radius 1 is 0.812 bits per heavy atom. The molecule has 0 aliphatic heterocycles. The second-order valence-electron chi connectivity index (χ2n) is 6.14. The molecule has 32 heavy (non-hydrogen) atoms. The Bertz CT molecular complexity index is 788. The van der Waals surface area contributed by atoms with Crippen LogP contribution in [0, 0.1) is 10.7 Å². The van der Waals surface area contributed by atoms with E-state index in [9.17, 15) is 24.6 Å². The number of nitrogens with one attached hydrogen (secondary N) is 3. The molecule has 0 aliphatic carbocycles. The van der Waals surface area contributed by atoms with Crippen LogP contribution in [0.15, 0.2) is 0 Å². The zero-order chi connectivity index (χ0) is 24.4. The number of hydrogen-bond acceptors (Lipinski definition) is 9. The highest BCUT2D eigenvalue weighted by Crippen LogP contribution is 2.36. The van der Waals surface area contributed by atoms with Crippen molar-refractivity contribution >= 4 is 91.4 Å². The SMILES string of the molecule is O=C(Nc1c(I)c(C(=O)NCC(O)CO)c(I)c(C(=O)NCC(O)CO)c1I)OCCO. The summed E-state index contributed by atoms with van der Waals surface area (Å²) >= 11 is 5.43. The van der Waals surface area contributed by atoms with Crippen molar-refractivity contribution in [3.8, 4) is 0 Å². The molecule has 0 saturated carbocycles. The summed E-state index contributed by atoms with van der Waals surface area (Å²) in [7, 11) is 0. The first kappa shape index (κ1) is 29.5. The topological polar surface area (TPSA) is 198 Å². The summed E-state index contributed by atoms with van der Waals surface area (Å²) < 4.78 is 5.58. The fourth-order valence-corrected chi connectivity index (χ4v) is 6.59. The number of carbonyl (C=O) groups excluding carboxylic acids is 3. The van der Waals surface area contributed by atoms with Gasteiger partial charge in [0.05, 0.1) is 56.0 Å². The summed E-state index contributed by atoms with van der Waals surface area (Å²) in [6.07, 6.45) is -3.29. The molecule has 8 N–H and O–H groups in total. The van der Waals surface area contributed by atoms with Gasteiger partial charge in [-0.25, -0.2) is 4.79 Å². The summed E-state index contributed by atoms with van der Waals surface area (Å²) in [5.74, 6) is -1.34. The zero-order valence-corrected chi connectivity index (χ0v) is 22.9. The lowest BCUT2D eigenvalue weighted by Gasteiger charge is -2.20. The van der Waals surface area contributed by atoms with Crippen LogP contribution in [0.25, 0.3) is 0 Å². The predicted molar refractivity (Wildman–Crippen MR) is 138 cm³/mol. The van der Waals surface area contributed by atoms with Gasteiger partial charge in [0.2, 0.25) is 0 Å². The molecule has 0 heterocycles. The lowest BCUT2D eigenvalue weighted by molar-refractivity contribution is 0.0798. The Balaban J connectivity index is 3.46. The number of hydrogen-bond donors (Lipinski definition) is 8. The van der Waals surface area contributed by atoms with Gasteiger partial charge in [0.15, 0.2) is 0 Å². The van der Waals surface area contributed by atoms with E-state index in [1.54, 1.807) is 22.6 Å². The van der Waals surface area contributed by atoms with Gasteiger partial charge in [-0.05, 0) is 67.8 Å². The quantitative estimate of drug-likeness (QED) is 0.133. The van der Waals surface area contributed by atoms with E-state index in [2.05, 4.69) is 16.0 Å². The summed E-state index contributed by atoms with van der Waals surface area (Å²) in [6, 6.07) is 0. The van der Waals surface area contributed by atoms with Gasteiger partial charge in [0, 0.05) is 16.7 Å². The molecule has 3 amide bonds. The van der Waals surface area contributed by atoms with Crippen molar-refractivity contribution in [3.63, 3.8) is 0 Å². The van der Waals surface area contributed by atoms with Gasteiger partial charge in [-0.1, -0.05) is 0 Å². The Kier molecular flexibility index (Phi) is 13.5. The van der Waals surface area contributed by atoms with Crippen molar-refractivity contribution in [1.82, 2.24) is 10.6 Å². The van der Waals surface area contributed by atoms with Crippen molar-refractivity contribution in [1.29, 1.82) is 0 Å². The number of carbonyl (C=O) groups is 3. The fraction of sp³-hybridized carbons (Fsp3) is 0.471. The van der Waals surface area contributed by atoms with Crippen LogP contribution in [-0.2, 0) is 4.74 Å². The molecule has 0 radical (unpaired) electrons. The maximum Gasteiger partial charge on any atom is 0.411 e. The molecule has 12 nitrogen and oxygen atoms in total. The Morgan fingerprint density at radius 3 is 1.62 bits per heavy atom. The molecule has 0 fully saturated rings. The molecule has 1 aromatic carbocycles. The molecule has 0 aromatic heterocycles. The predicted octanol–water partition coefficient (Wildman–Crippen LogP) is -0.793. The highest BCUT2D eigenvalue weighted by molar-refractivity contribution is 14.1. The van der Waals surface area contributed by atoms with E-state index in [-0.39, 0.29) is 47.2 Å². The van der Waals surface area contributed by atoms with Crippen molar-refractivity contribution in [2.75, 3.05) is 44.8 Å². The molecule has 0 saturated heterocycles. The standard InChI is InChI=1S/C17H22I3N3O9/c18-11-9(15(29)21-3-7(27)5-25)12(19)14(23-17(31)32-2-1-24)13(20)10(11)16(30)22-4-8(28)6-26/h7-8,24-28H,1-6H2,(H,21,29)(H,22,30)(H,23,31). The van der Waals surface area contributed by atoms with E-state index >= 15 is 0 Å². The van der Waals surface area contributed by atoms with E-state index in [0.29, 0.717) is 0 Å². The van der Waals surface area contributed by atoms with Gasteiger partial charge < -0.3 is 40.9 Å². The third kappa shape index (κ3) is 8.33. The number of benzene rings is 1. The molecular formula is C17H22I3N3O9. The van der Waals surface area contributed by atoms with E-state index in [4.69, 9.17) is 20.1 Å². The van der Waals surface area contributed by atoms with Gasteiger partial charge in [0.25, 0.3) is 11.8 Å². The average Bonchev–Trinajstić information content (AvgIpc) is 2.76. The van der Waals surface area contributed by atoms with Crippen molar-refractivity contribution in [2.45, 2.75) is 12.2 Å². The number of anilines is 1. The largest absolute Gasteiger partial charge is 0.447 e. The summed E-state index contributed by atoms with van der Waals surface area (Å²) in [4.78, 5) is 37.7. The van der Waals surface area contributed by atoms with Gasteiger partial charge in [0.1, 0.15) is 6.61 Å². The van der Waals surface area contributed by atoms with E-state index in [1.165, 1.54) is 0 Å². The van der Waals surface area contributed by atoms with Crippen LogP contribution in [0.5, 0.6) is 0 Å². The number of ether oxygens (including phenoxy) is 1. The van der Waals surface area contributed by atoms with Crippen molar-refractivity contribution in [2.24, 2.45) is 0 Å². The molecular weight excluding hydrogens is 771 g/mol. The maximum atomic E-state index is 12.8. The van der Waals surface area contributed by atoms with Crippen LogP contribution in [0.3, 0.4) is 0 Å². The molecule has 15 heteroatoms. The number of halogens is 3. The number of aliphatic hydroxyl groups excluding tert-OH is 5. The van der Waals surface area contributed by atoms with Crippen molar-refractivity contribution in [3.05, 3.63) is 21.8 Å². The summed E-state index contributed by atoms with van der Waals surface area (Å²) in [5.41, 5.74) is 0.166. The molecule has 0 spiro atoms. The number of rotatable bonds is 11. The lowest BCUT2D eigenvalue weighted by Crippen LogP contribution is -2.37. The first-order chi connectivity index (χ1) is 15.1. The molecule has 0 aliphatic rings. The average molecular weight is 793 g/mol. The van der Waals surface area contributed by atoms with Gasteiger partial charge in [-0.15, -0.1) is 0 Å². The van der Waals surface area contributed by atoms with Gasteiger partial charge in [-0.3, -0.25) is 14.9 Å². The van der Waals surface area contributed by atoms with Crippen LogP contribution in [0.4, 0.5) is 10.5 Å². The first-order valence-corrected chi connectivity index (χ1v) is 12.2. The fourth-order valence-electron chi connectivity index (χ4n) is 2.18. The highest BCUT2D eigenvalue weighted by Gasteiger charge is 2.29. The Labute approximate surface area is 223 Å². The summed E-state index contributed by atoms with van der Waals surface area (Å²) in [5, 5.41) is 53.1. The third-order valence-electron chi connectivity index (χ3n) is 3.74. The highest BCUT2D eigenvalue weighted by atomic mass is 127. The van der Waals surface area contributed by atoms with Crippen LogP contribution in [0.2, 0.25) is 0 Å². The second kappa shape index (κ2) is 14.6.